The molecule has 1 aromatic carbocycles. The molecule has 4 rings (SSSR count). The summed E-state index contributed by atoms with van der Waals surface area (Å²) in [4.78, 5) is 27.1. The number of halogens is 1. The summed E-state index contributed by atoms with van der Waals surface area (Å²) in [6.07, 6.45) is 8.74. The molecule has 32 heavy (non-hydrogen) atoms. The Morgan fingerprint density at radius 2 is 1.81 bits per heavy atom. The molecule has 1 aliphatic carbocycles. The Bertz CT molecular complexity index is 929. The number of rotatable bonds is 7. The van der Waals surface area contributed by atoms with Crippen molar-refractivity contribution in [2.24, 2.45) is 13.0 Å². The number of nitrogens with zero attached hydrogens (tertiary/aromatic N) is 3. The zero-order chi connectivity index (χ0) is 22.5. The molecule has 2 heterocycles. The average molecular weight is 443 g/mol. The van der Waals surface area contributed by atoms with Crippen LogP contribution < -0.4 is 10.1 Å². The Hall–Kier alpha value is -2.90. The van der Waals surface area contributed by atoms with E-state index in [1.165, 1.54) is 37.1 Å². The van der Waals surface area contributed by atoms with Crippen molar-refractivity contribution in [2.45, 2.75) is 51.0 Å². The summed E-state index contributed by atoms with van der Waals surface area (Å²) in [5, 5.41) is 7.71. The predicted molar refractivity (Wildman–Crippen MR) is 118 cm³/mol. The minimum absolute atomic E-state index is 0.0226. The fraction of sp³-hybridized carbons (Fsp3) is 0.542. The third-order valence-corrected chi connectivity index (χ3v) is 6.47. The van der Waals surface area contributed by atoms with E-state index in [0.29, 0.717) is 30.3 Å². The molecule has 1 aromatic heterocycles. The van der Waals surface area contributed by atoms with Crippen molar-refractivity contribution in [3.63, 3.8) is 0 Å². The maximum Gasteiger partial charge on any atom is 0.260 e. The van der Waals surface area contributed by atoms with E-state index in [1.807, 2.05) is 18.1 Å². The lowest BCUT2D eigenvalue weighted by Gasteiger charge is -2.31. The molecular weight excluding hydrogens is 411 g/mol. The van der Waals surface area contributed by atoms with Gasteiger partial charge in [-0.05, 0) is 62.3 Å². The summed E-state index contributed by atoms with van der Waals surface area (Å²) in [7, 11) is 1.85. The summed E-state index contributed by atoms with van der Waals surface area (Å²) < 4.78 is 20.2. The number of amides is 2. The van der Waals surface area contributed by atoms with Crippen LogP contribution in [0.5, 0.6) is 5.75 Å². The Balaban J connectivity index is 1.26. The molecule has 0 radical (unpaired) electrons. The fourth-order valence-corrected chi connectivity index (χ4v) is 4.64. The van der Waals surface area contributed by atoms with Gasteiger partial charge in [0.15, 0.2) is 6.61 Å². The van der Waals surface area contributed by atoms with Crippen LogP contribution in [0.1, 0.15) is 54.6 Å². The van der Waals surface area contributed by atoms with Gasteiger partial charge in [-0.1, -0.05) is 12.8 Å². The van der Waals surface area contributed by atoms with Gasteiger partial charge in [-0.2, -0.15) is 5.10 Å². The quantitative estimate of drug-likeness (QED) is 0.715. The summed E-state index contributed by atoms with van der Waals surface area (Å²) in [5.74, 6) is 0.434. The minimum atomic E-state index is -0.335. The maximum absolute atomic E-state index is 13.0. The second kappa shape index (κ2) is 10.1. The van der Waals surface area contributed by atoms with E-state index in [1.54, 1.807) is 4.68 Å². The van der Waals surface area contributed by atoms with E-state index in [2.05, 4.69) is 10.4 Å². The van der Waals surface area contributed by atoms with E-state index in [9.17, 15) is 14.0 Å². The van der Waals surface area contributed by atoms with Gasteiger partial charge in [0.05, 0.1) is 11.3 Å². The summed E-state index contributed by atoms with van der Waals surface area (Å²) >= 11 is 0. The minimum Gasteiger partial charge on any atom is -0.484 e. The normalized spacial score (nSPS) is 17.5. The van der Waals surface area contributed by atoms with Crippen LogP contribution in [-0.4, -0.2) is 52.2 Å². The third kappa shape index (κ3) is 5.66. The van der Waals surface area contributed by atoms with Crippen molar-refractivity contribution >= 4 is 11.8 Å². The average Bonchev–Trinajstić information content (AvgIpc) is 3.43. The summed E-state index contributed by atoms with van der Waals surface area (Å²) in [6, 6.07) is 5.93. The number of aromatic nitrogens is 2. The molecule has 0 bridgehead atoms. The SMILES string of the molecule is Cn1cc(C(=O)NC2CCCC2)c(CC2CCN(C(=O)COc3ccc(F)cc3)CC2)n1. The number of hydrogen-bond donors (Lipinski definition) is 1. The van der Waals surface area contributed by atoms with E-state index >= 15 is 0 Å². The van der Waals surface area contributed by atoms with Gasteiger partial charge in [-0.15, -0.1) is 0 Å². The Morgan fingerprint density at radius 1 is 1.12 bits per heavy atom. The first-order valence-corrected chi connectivity index (χ1v) is 11.5. The molecule has 1 aliphatic heterocycles. The largest absolute Gasteiger partial charge is 0.484 e. The highest BCUT2D eigenvalue weighted by atomic mass is 19.1. The second-order valence-electron chi connectivity index (χ2n) is 8.89. The third-order valence-electron chi connectivity index (χ3n) is 6.47. The Morgan fingerprint density at radius 3 is 2.50 bits per heavy atom. The molecule has 0 unspecified atom stereocenters. The van der Waals surface area contributed by atoms with E-state index in [-0.39, 0.29) is 30.3 Å². The van der Waals surface area contributed by atoms with Crippen LogP contribution in [0.25, 0.3) is 0 Å². The zero-order valence-electron chi connectivity index (χ0n) is 18.6. The molecule has 1 saturated heterocycles. The molecule has 2 amide bonds. The number of ether oxygens (including phenoxy) is 1. The van der Waals surface area contributed by atoms with Crippen LogP contribution in [0.15, 0.2) is 30.5 Å². The number of benzene rings is 1. The molecule has 1 N–H and O–H groups in total. The number of aryl methyl sites for hydroxylation is 1. The molecule has 8 heteroatoms. The van der Waals surface area contributed by atoms with Crippen LogP contribution in [0.3, 0.4) is 0 Å². The zero-order valence-corrected chi connectivity index (χ0v) is 18.6. The van der Waals surface area contributed by atoms with Crippen LogP contribution in [0.4, 0.5) is 4.39 Å². The van der Waals surface area contributed by atoms with Crippen molar-refractivity contribution in [1.29, 1.82) is 0 Å². The second-order valence-corrected chi connectivity index (χ2v) is 8.89. The molecule has 2 fully saturated rings. The summed E-state index contributed by atoms with van der Waals surface area (Å²) in [6.45, 7) is 1.27. The number of carbonyl (C=O) groups is 2. The smallest absolute Gasteiger partial charge is 0.260 e. The molecule has 2 aliphatic rings. The number of hydrogen-bond acceptors (Lipinski definition) is 4. The van der Waals surface area contributed by atoms with E-state index in [0.717, 1.165) is 37.8 Å². The van der Waals surface area contributed by atoms with Crippen molar-refractivity contribution in [3.05, 3.63) is 47.5 Å². The van der Waals surface area contributed by atoms with Crippen molar-refractivity contribution < 1.29 is 18.7 Å². The lowest BCUT2D eigenvalue weighted by molar-refractivity contribution is -0.134. The lowest BCUT2D eigenvalue weighted by Crippen LogP contribution is -2.41. The van der Waals surface area contributed by atoms with E-state index < -0.39 is 0 Å². The molecule has 0 spiro atoms. The van der Waals surface area contributed by atoms with Crippen LogP contribution in [-0.2, 0) is 18.3 Å². The van der Waals surface area contributed by atoms with Gasteiger partial charge in [0.25, 0.3) is 11.8 Å². The number of nitrogens with one attached hydrogen (secondary N) is 1. The Labute approximate surface area is 187 Å². The van der Waals surface area contributed by atoms with Crippen LogP contribution in [0.2, 0.25) is 0 Å². The standard InChI is InChI=1S/C24H31FN4O3/c1-28-15-21(24(31)26-19-4-2-3-5-19)22(27-28)14-17-10-12-29(13-11-17)23(30)16-32-20-8-6-18(25)7-9-20/h6-9,15,17,19H,2-5,10-14,16H2,1H3,(H,26,31). The highest BCUT2D eigenvalue weighted by Crippen LogP contribution is 2.24. The number of piperidine rings is 1. The molecule has 172 valence electrons. The molecular formula is C24H31FN4O3. The first-order chi connectivity index (χ1) is 15.5. The molecule has 0 atom stereocenters. The molecule has 2 aromatic rings. The van der Waals surface area contributed by atoms with Crippen LogP contribution >= 0.6 is 0 Å². The number of likely N-dealkylation sites (tertiary alicyclic amines) is 1. The van der Waals surface area contributed by atoms with Crippen LogP contribution in [0, 0.1) is 11.7 Å². The first kappa shape index (κ1) is 22.3. The maximum atomic E-state index is 13.0. The van der Waals surface area contributed by atoms with E-state index in [4.69, 9.17) is 4.74 Å². The number of carbonyl (C=O) groups excluding carboxylic acids is 2. The van der Waals surface area contributed by atoms with Gasteiger partial charge in [0.1, 0.15) is 11.6 Å². The topological polar surface area (TPSA) is 76.5 Å². The van der Waals surface area contributed by atoms with Crippen molar-refractivity contribution in [3.8, 4) is 5.75 Å². The van der Waals surface area contributed by atoms with Gasteiger partial charge < -0.3 is 15.0 Å². The van der Waals surface area contributed by atoms with Gasteiger partial charge in [-0.3, -0.25) is 14.3 Å². The van der Waals surface area contributed by atoms with Gasteiger partial charge in [0, 0.05) is 32.4 Å². The van der Waals surface area contributed by atoms with Gasteiger partial charge >= 0.3 is 0 Å². The lowest BCUT2D eigenvalue weighted by atomic mass is 9.91. The first-order valence-electron chi connectivity index (χ1n) is 11.5. The highest BCUT2D eigenvalue weighted by molar-refractivity contribution is 5.95. The van der Waals surface area contributed by atoms with Crippen molar-refractivity contribution in [2.75, 3.05) is 19.7 Å². The monoisotopic (exact) mass is 442 g/mol. The van der Waals surface area contributed by atoms with Crippen molar-refractivity contribution in [1.82, 2.24) is 20.0 Å². The highest BCUT2D eigenvalue weighted by Gasteiger charge is 2.27. The fourth-order valence-electron chi connectivity index (χ4n) is 4.64. The summed E-state index contributed by atoms with van der Waals surface area (Å²) in [5.41, 5.74) is 1.51. The Kier molecular flexibility index (Phi) is 7.07. The molecule has 7 nitrogen and oxygen atoms in total. The molecule has 1 saturated carbocycles. The predicted octanol–water partition coefficient (Wildman–Crippen LogP) is 3.09. The van der Waals surface area contributed by atoms with Gasteiger partial charge in [-0.25, -0.2) is 4.39 Å². The van der Waals surface area contributed by atoms with Gasteiger partial charge in [0.2, 0.25) is 0 Å².